The third-order valence-electron chi connectivity index (χ3n) is 2.03. The molecule has 1 aromatic carbocycles. The number of aliphatic carboxylic acids is 1. The number of hydrogen-bond donors (Lipinski definition) is 3. The number of aryl methyl sites for hydroxylation is 1. The Labute approximate surface area is 91.7 Å². The summed E-state index contributed by atoms with van der Waals surface area (Å²) in [5.41, 5.74) is 1.10. The Balaban J connectivity index is 3.01. The van der Waals surface area contributed by atoms with Crippen molar-refractivity contribution in [1.82, 2.24) is 0 Å². The standard InChI is InChI=1S/C10H11ClO4/c1-5-2-3-6(7(11)4-5)8(12)9(13)10(14)15/h2-4,8-9,12-13H,1H3,(H,14,15). The molecule has 1 rings (SSSR count). The molecule has 0 saturated heterocycles. The third-order valence-corrected chi connectivity index (χ3v) is 2.35. The van der Waals surface area contributed by atoms with Crippen LogP contribution in [0.25, 0.3) is 0 Å². The van der Waals surface area contributed by atoms with Crippen molar-refractivity contribution in [3.63, 3.8) is 0 Å². The highest BCUT2D eigenvalue weighted by Gasteiger charge is 2.26. The summed E-state index contributed by atoms with van der Waals surface area (Å²) in [6.45, 7) is 1.82. The summed E-state index contributed by atoms with van der Waals surface area (Å²) in [4.78, 5) is 10.4. The highest BCUT2D eigenvalue weighted by molar-refractivity contribution is 6.31. The van der Waals surface area contributed by atoms with E-state index < -0.39 is 18.2 Å². The molecule has 0 fully saturated rings. The molecule has 2 unspecified atom stereocenters. The minimum Gasteiger partial charge on any atom is -0.479 e. The van der Waals surface area contributed by atoms with Crippen molar-refractivity contribution in [1.29, 1.82) is 0 Å². The van der Waals surface area contributed by atoms with Crippen LogP contribution in [0.1, 0.15) is 17.2 Å². The molecule has 3 N–H and O–H groups in total. The number of rotatable bonds is 3. The van der Waals surface area contributed by atoms with E-state index in [1.165, 1.54) is 6.07 Å². The lowest BCUT2D eigenvalue weighted by Gasteiger charge is -2.15. The Hall–Kier alpha value is -1.10. The van der Waals surface area contributed by atoms with Crippen LogP contribution in [0.15, 0.2) is 18.2 Å². The van der Waals surface area contributed by atoms with Crippen molar-refractivity contribution in [2.45, 2.75) is 19.1 Å². The van der Waals surface area contributed by atoms with E-state index in [-0.39, 0.29) is 10.6 Å². The lowest BCUT2D eigenvalue weighted by molar-refractivity contribution is -0.153. The molecule has 0 bridgehead atoms. The van der Waals surface area contributed by atoms with Gasteiger partial charge in [0.15, 0.2) is 6.10 Å². The largest absolute Gasteiger partial charge is 0.479 e. The van der Waals surface area contributed by atoms with Crippen molar-refractivity contribution in [2.75, 3.05) is 0 Å². The average molecular weight is 231 g/mol. The molecule has 82 valence electrons. The fourth-order valence-corrected chi connectivity index (χ4v) is 1.52. The first-order valence-corrected chi connectivity index (χ1v) is 4.66. The van der Waals surface area contributed by atoms with Crippen LogP contribution >= 0.6 is 11.6 Å². The number of aliphatic hydroxyl groups excluding tert-OH is 2. The van der Waals surface area contributed by atoms with E-state index in [0.29, 0.717) is 0 Å². The zero-order valence-electron chi connectivity index (χ0n) is 8.01. The van der Waals surface area contributed by atoms with Crippen LogP contribution in [0.3, 0.4) is 0 Å². The van der Waals surface area contributed by atoms with E-state index in [1.54, 1.807) is 12.1 Å². The van der Waals surface area contributed by atoms with Crippen molar-refractivity contribution < 1.29 is 20.1 Å². The maximum atomic E-state index is 10.4. The lowest BCUT2D eigenvalue weighted by Crippen LogP contribution is -2.27. The van der Waals surface area contributed by atoms with Crippen molar-refractivity contribution in [2.24, 2.45) is 0 Å². The fraction of sp³-hybridized carbons (Fsp3) is 0.300. The van der Waals surface area contributed by atoms with Gasteiger partial charge in [-0.05, 0) is 18.6 Å². The second-order valence-corrected chi connectivity index (χ2v) is 3.66. The van der Waals surface area contributed by atoms with Crippen LogP contribution in [0, 0.1) is 6.92 Å². The highest BCUT2D eigenvalue weighted by Crippen LogP contribution is 2.26. The Kier molecular flexibility index (Phi) is 3.68. The normalized spacial score (nSPS) is 14.7. The van der Waals surface area contributed by atoms with E-state index >= 15 is 0 Å². The topological polar surface area (TPSA) is 77.8 Å². The van der Waals surface area contributed by atoms with Gasteiger partial charge in [-0.3, -0.25) is 0 Å². The molecule has 0 spiro atoms. The Morgan fingerprint density at radius 1 is 1.40 bits per heavy atom. The molecule has 15 heavy (non-hydrogen) atoms. The van der Waals surface area contributed by atoms with Gasteiger partial charge in [0.2, 0.25) is 0 Å². The molecule has 2 atom stereocenters. The first-order chi connectivity index (χ1) is 6.93. The molecule has 0 heterocycles. The van der Waals surface area contributed by atoms with Gasteiger partial charge in [0.1, 0.15) is 6.10 Å². The van der Waals surface area contributed by atoms with Crippen LogP contribution in [-0.4, -0.2) is 27.4 Å². The van der Waals surface area contributed by atoms with Crippen LogP contribution in [0.4, 0.5) is 0 Å². The van der Waals surface area contributed by atoms with E-state index in [0.717, 1.165) is 5.56 Å². The minimum absolute atomic E-state index is 0.206. The van der Waals surface area contributed by atoms with Gasteiger partial charge in [0, 0.05) is 10.6 Å². The molecule has 0 aliphatic carbocycles. The van der Waals surface area contributed by atoms with E-state index in [4.69, 9.17) is 21.8 Å². The van der Waals surface area contributed by atoms with Crippen molar-refractivity contribution >= 4 is 17.6 Å². The average Bonchev–Trinajstić information content (AvgIpc) is 2.15. The molecule has 0 saturated carbocycles. The smallest absolute Gasteiger partial charge is 0.335 e. The van der Waals surface area contributed by atoms with Gasteiger partial charge >= 0.3 is 5.97 Å². The van der Waals surface area contributed by atoms with Gasteiger partial charge in [0.25, 0.3) is 0 Å². The molecule has 4 nitrogen and oxygen atoms in total. The number of carboxylic acid groups (broad SMARTS) is 1. The number of carboxylic acids is 1. The predicted molar refractivity (Wildman–Crippen MR) is 54.8 cm³/mol. The molecule has 0 radical (unpaired) electrons. The minimum atomic E-state index is -1.87. The molecule has 0 aromatic heterocycles. The summed E-state index contributed by atoms with van der Waals surface area (Å²) in [5, 5.41) is 27.4. The third kappa shape index (κ3) is 2.68. The first-order valence-electron chi connectivity index (χ1n) is 4.28. The van der Waals surface area contributed by atoms with Gasteiger partial charge < -0.3 is 15.3 Å². The number of halogens is 1. The Morgan fingerprint density at radius 3 is 2.47 bits per heavy atom. The fourth-order valence-electron chi connectivity index (χ4n) is 1.18. The number of aliphatic hydroxyl groups is 2. The molecular weight excluding hydrogens is 220 g/mol. The summed E-state index contributed by atoms with van der Waals surface area (Å²) >= 11 is 5.81. The molecular formula is C10H11ClO4. The zero-order valence-corrected chi connectivity index (χ0v) is 8.77. The second kappa shape index (κ2) is 4.61. The summed E-state index contributed by atoms with van der Waals surface area (Å²) in [6.07, 6.45) is -3.39. The van der Waals surface area contributed by atoms with Crippen LogP contribution in [-0.2, 0) is 4.79 Å². The van der Waals surface area contributed by atoms with E-state index in [2.05, 4.69) is 0 Å². The van der Waals surface area contributed by atoms with Crippen molar-refractivity contribution in [3.05, 3.63) is 34.3 Å². The number of hydrogen-bond acceptors (Lipinski definition) is 3. The van der Waals surface area contributed by atoms with Crippen LogP contribution in [0.2, 0.25) is 5.02 Å². The summed E-state index contributed by atoms with van der Waals surface area (Å²) in [5.74, 6) is -1.49. The first kappa shape index (κ1) is 12.0. The SMILES string of the molecule is Cc1ccc(C(O)C(O)C(=O)O)c(Cl)c1. The van der Waals surface area contributed by atoms with E-state index in [1.807, 2.05) is 6.92 Å². The van der Waals surface area contributed by atoms with Crippen LogP contribution in [0.5, 0.6) is 0 Å². The Morgan fingerprint density at radius 2 is 2.00 bits per heavy atom. The van der Waals surface area contributed by atoms with Gasteiger partial charge in [-0.25, -0.2) is 4.79 Å². The van der Waals surface area contributed by atoms with E-state index in [9.17, 15) is 9.90 Å². The molecule has 1 aromatic rings. The molecule has 0 amide bonds. The maximum absolute atomic E-state index is 10.4. The van der Waals surface area contributed by atoms with Crippen molar-refractivity contribution in [3.8, 4) is 0 Å². The quantitative estimate of drug-likeness (QED) is 0.727. The Bertz CT molecular complexity index is 378. The summed E-state index contributed by atoms with van der Waals surface area (Å²) < 4.78 is 0. The summed E-state index contributed by atoms with van der Waals surface area (Å²) in [7, 11) is 0. The lowest BCUT2D eigenvalue weighted by atomic mass is 10.0. The van der Waals surface area contributed by atoms with Gasteiger partial charge in [0.05, 0.1) is 0 Å². The maximum Gasteiger partial charge on any atom is 0.335 e. The molecule has 0 aliphatic rings. The summed E-state index contributed by atoms with van der Waals surface area (Å²) in [6, 6.07) is 4.77. The number of carbonyl (C=O) groups is 1. The zero-order chi connectivity index (χ0) is 11.6. The van der Waals surface area contributed by atoms with Crippen LogP contribution < -0.4 is 0 Å². The molecule has 5 heteroatoms. The van der Waals surface area contributed by atoms with Gasteiger partial charge in [-0.15, -0.1) is 0 Å². The van der Waals surface area contributed by atoms with Gasteiger partial charge in [-0.2, -0.15) is 0 Å². The van der Waals surface area contributed by atoms with Gasteiger partial charge in [-0.1, -0.05) is 23.7 Å². The molecule has 0 aliphatic heterocycles. The predicted octanol–water partition coefficient (Wildman–Crippen LogP) is 1.13. The second-order valence-electron chi connectivity index (χ2n) is 3.25. The monoisotopic (exact) mass is 230 g/mol. The highest BCUT2D eigenvalue weighted by atomic mass is 35.5. The number of benzene rings is 1.